The first-order valence-corrected chi connectivity index (χ1v) is 16.9. The van der Waals surface area contributed by atoms with E-state index in [-0.39, 0.29) is 0 Å². The van der Waals surface area contributed by atoms with Gasteiger partial charge in [-0.3, -0.25) is 0 Å². The third-order valence-corrected chi connectivity index (χ3v) is 11.6. The molecule has 0 saturated carbocycles. The van der Waals surface area contributed by atoms with Crippen LogP contribution in [0.1, 0.15) is 22.3 Å². The van der Waals surface area contributed by atoms with E-state index in [1.807, 2.05) is 0 Å². The predicted octanol–water partition coefficient (Wildman–Crippen LogP) is 11.9. The highest BCUT2D eigenvalue weighted by molar-refractivity contribution is 6.19. The Kier molecular flexibility index (Phi) is 4.47. The molecule has 1 spiro atoms. The van der Waals surface area contributed by atoms with Crippen LogP contribution < -0.4 is 0 Å². The zero-order valence-electron chi connectivity index (χ0n) is 26.0. The van der Waals surface area contributed by atoms with Gasteiger partial charge in [0.1, 0.15) is 0 Å². The van der Waals surface area contributed by atoms with E-state index in [2.05, 4.69) is 168 Å². The number of para-hydroxylation sites is 3. The number of benzene rings is 8. The average molecular weight is 606 g/mol. The Bertz CT molecular complexity index is 2870. The van der Waals surface area contributed by atoms with Crippen molar-refractivity contribution in [3.05, 3.63) is 186 Å². The molecule has 1 aromatic heterocycles. The lowest BCUT2D eigenvalue weighted by atomic mass is 9.65. The number of hydrogen-bond donors (Lipinski definition) is 0. The summed E-state index contributed by atoms with van der Waals surface area (Å²) in [6.07, 6.45) is 0. The second kappa shape index (κ2) is 8.59. The van der Waals surface area contributed by atoms with Crippen molar-refractivity contribution >= 4 is 32.6 Å². The van der Waals surface area contributed by atoms with Gasteiger partial charge in [0.05, 0.1) is 22.1 Å². The summed E-state index contributed by atoms with van der Waals surface area (Å²) in [5.41, 5.74) is 19.4. The molecule has 9 aromatic rings. The van der Waals surface area contributed by atoms with E-state index in [4.69, 9.17) is 0 Å². The van der Waals surface area contributed by atoms with Gasteiger partial charge in [-0.2, -0.15) is 0 Å². The maximum Gasteiger partial charge on any atom is 0.0754 e. The lowest BCUT2D eigenvalue weighted by molar-refractivity contribution is 0.749. The molecule has 1 aliphatic heterocycles. The van der Waals surface area contributed by atoms with E-state index in [1.165, 1.54) is 105 Å². The summed E-state index contributed by atoms with van der Waals surface area (Å²) in [6.45, 7) is 0. The molecule has 0 saturated heterocycles. The third kappa shape index (κ3) is 2.75. The smallest absolute Gasteiger partial charge is 0.0754 e. The standard InChI is InChI=1S/C47H27N/c1-2-12-31-30(11-1)36-16-9-15-35-29(25-26-37(31)45(35)36)28-23-24-33-32-13-3-5-18-39(32)47(42(33)27-28)40-19-6-8-22-44(40)48-43-21-7-4-14-34(43)38-17-10-20-41(47)46(38)48/h1-27H. The van der Waals surface area contributed by atoms with Gasteiger partial charge in [-0.05, 0) is 95.7 Å². The van der Waals surface area contributed by atoms with Crippen molar-refractivity contribution in [3.8, 4) is 50.2 Å². The second-order valence-corrected chi connectivity index (χ2v) is 13.6. The molecule has 1 heteroatoms. The van der Waals surface area contributed by atoms with E-state index >= 15 is 0 Å². The van der Waals surface area contributed by atoms with E-state index < -0.39 is 5.41 Å². The van der Waals surface area contributed by atoms with E-state index in [9.17, 15) is 0 Å². The number of hydrogen-bond acceptors (Lipinski definition) is 0. The van der Waals surface area contributed by atoms with Gasteiger partial charge in [0.2, 0.25) is 0 Å². The fraction of sp³-hybridized carbons (Fsp3) is 0.0213. The highest BCUT2D eigenvalue weighted by Gasteiger charge is 2.50. The van der Waals surface area contributed by atoms with Crippen molar-refractivity contribution in [2.45, 2.75) is 5.41 Å². The van der Waals surface area contributed by atoms with Crippen molar-refractivity contribution < 1.29 is 0 Å². The quantitative estimate of drug-likeness (QED) is 0.175. The van der Waals surface area contributed by atoms with Crippen LogP contribution in [-0.2, 0) is 5.41 Å². The average Bonchev–Trinajstić information content (AvgIpc) is 3.77. The summed E-state index contributed by atoms with van der Waals surface area (Å²) in [5, 5.41) is 5.30. The minimum absolute atomic E-state index is 0.451. The number of aromatic nitrogens is 1. The van der Waals surface area contributed by atoms with Crippen molar-refractivity contribution in [2.24, 2.45) is 0 Å². The van der Waals surface area contributed by atoms with E-state index in [1.54, 1.807) is 0 Å². The van der Waals surface area contributed by atoms with Crippen LogP contribution in [-0.4, -0.2) is 4.57 Å². The summed E-state index contributed by atoms with van der Waals surface area (Å²) in [5.74, 6) is 0. The number of nitrogens with zero attached hydrogens (tertiary/aromatic N) is 1. The van der Waals surface area contributed by atoms with Crippen LogP contribution in [0.3, 0.4) is 0 Å². The van der Waals surface area contributed by atoms with Crippen molar-refractivity contribution in [1.29, 1.82) is 0 Å². The fourth-order valence-corrected chi connectivity index (χ4v) is 9.79. The van der Waals surface area contributed by atoms with Crippen LogP contribution in [0, 0.1) is 0 Å². The van der Waals surface area contributed by atoms with Crippen molar-refractivity contribution in [2.75, 3.05) is 0 Å². The van der Waals surface area contributed by atoms with Crippen LogP contribution in [0.15, 0.2) is 164 Å². The fourth-order valence-electron chi connectivity index (χ4n) is 9.79. The Balaban J connectivity index is 1.21. The molecule has 48 heavy (non-hydrogen) atoms. The Morgan fingerprint density at radius 3 is 1.83 bits per heavy atom. The topological polar surface area (TPSA) is 4.93 Å². The molecule has 1 atom stereocenters. The lowest BCUT2D eigenvalue weighted by Gasteiger charge is -2.39. The van der Waals surface area contributed by atoms with Crippen LogP contribution >= 0.6 is 0 Å². The van der Waals surface area contributed by atoms with Gasteiger partial charge in [-0.1, -0.05) is 146 Å². The Labute approximate surface area is 278 Å². The molecule has 0 amide bonds. The molecule has 0 radical (unpaired) electrons. The zero-order chi connectivity index (χ0) is 31.1. The summed E-state index contributed by atoms with van der Waals surface area (Å²) >= 11 is 0. The first-order valence-electron chi connectivity index (χ1n) is 16.9. The van der Waals surface area contributed by atoms with Gasteiger partial charge in [0.25, 0.3) is 0 Å². The SMILES string of the molecule is c1ccc2c(c1)-c1cccc3c(-c4ccc5c(c4)C4(c6ccccc6-5)c5ccccc5-n5c6ccccc6c6cccc4c65)ccc-2c13. The minimum Gasteiger partial charge on any atom is -0.309 e. The van der Waals surface area contributed by atoms with Crippen molar-refractivity contribution in [3.63, 3.8) is 0 Å². The molecule has 2 heterocycles. The molecule has 1 unspecified atom stereocenters. The van der Waals surface area contributed by atoms with Crippen molar-refractivity contribution in [1.82, 2.24) is 4.57 Å². The monoisotopic (exact) mass is 605 g/mol. The minimum atomic E-state index is -0.451. The van der Waals surface area contributed by atoms with E-state index in [0.717, 1.165) is 0 Å². The number of fused-ring (bicyclic) bond motifs is 15. The van der Waals surface area contributed by atoms with Crippen LogP contribution in [0.5, 0.6) is 0 Å². The maximum absolute atomic E-state index is 2.52. The summed E-state index contributed by atoms with van der Waals surface area (Å²) in [4.78, 5) is 0. The first kappa shape index (κ1) is 25.0. The zero-order valence-corrected chi connectivity index (χ0v) is 26.0. The van der Waals surface area contributed by atoms with Gasteiger partial charge in [-0.25, -0.2) is 0 Å². The molecule has 0 fully saturated rings. The van der Waals surface area contributed by atoms with Gasteiger partial charge in [0, 0.05) is 10.8 Å². The summed E-state index contributed by atoms with van der Waals surface area (Å²) in [6, 6.07) is 61.7. The normalized spacial score (nSPS) is 16.0. The Hall–Kier alpha value is -6.18. The predicted molar refractivity (Wildman–Crippen MR) is 199 cm³/mol. The van der Waals surface area contributed by atoms with E-state index in [0.29, 0.717) is 0 Å². The number of rotatable bonds is 1. The molecule has 8 aromatic carbocycles. The van der Waals surface area contributed by atoms with Crippen LogP contribution in [0.2, 0.25) is 0 Å². The van der Waals surface area contributed by atoms with Gasteiger partial charge < -0.3 is 4.57 Å². The Morgan fingerprint density at radius 1 is 0.354 bits per heavy atom. The lowest BCUT2D eigenvalue weighted by Crippen LogP contribution is -2.33. The molecule has 12 rings (SSSR count). The molecule has 0 N–H and O–H groups in total. The molecule has 0 bridgehead atoms. The van der Waals surface area contributed by atoms with Gasteiger partial charge >= 0.3 is 0 Å². The largest absolute Gasteiger partial charge is 0.309 e. The third-order valence-electron chi connectivity index (χ3n) is 11.6. The van der Waals surface area contributed by atoms with Crippen LogP contribution in [0.4, 0.5) is 0 Å². The maximum atomic E-state index is 2.52. The van der Waals surface area contributed by atoms with Crippen LogP contribution in [0.25, 0.3) is 82.8 Å². The Morgan fingerprint density at radius 2 is 0.938 bits per heavy atom. The van der Waals surface area contributed by atoms with Gasteiger partial charge in [-0.15, -0.1) is 0 Å². The highest BCUT2D eigenvalue weighted by atomic mass is 15.0. The summed E-state index contributed by atoms with van der Waals surface area (Å²) in [7, 11) is 0. The molecule has 2 aliphatic carbocycles. The highest BCUT2D eigenvalue weighted by Crippen LogP contribution is 2.61. The first-order chi connectivity index (χ1) is 23.8. The second-order valence-electron chi connectivity index (χ2n) is 13.6. The summed E-state index contributed by atoms with van der Waals surface area (Å²) < 4.78 is 2.52. The van der Waals surface area contributed by atoms with Gasteiger partial charge in [0.15, 0.2) is 0 Å². The molecular formula is C47H27N. The molecule has 1 nitrogen and oxygen atoms in total. The molecule has 220 valence electrons. The molecular weight excluding hydrogens is 579 g/mol. The molecule has 3 aliphatic rings.